The molecule has 1 unspecified atom stereocenters. The Morgan fingerprint density at radius 3 is 2.38 bits per heavy atom. The third-order valence-corrected chi connectivity index (χ3v) is 3.51. The topological polar surface area (TPSA) is 83.6 Å². The van der Waals surface area contributed by atoms with Gasteiger partial charge >= 0.3 is 7.60 Å². The number of benzene rings is 2. The van der Waals surface area contributed by atoms with Gasteiger partial charge in [0, 0.05) is 0 Å². The van der Waals surface area contributed by atoms with Gasteiger partial charge in [0.1, 0.15) is 5.78 Å². The molecule has 4 N–H and O–H groups in total. The molecule has 5 heteroatoms. The van der Waals surface area contributed by atoms with Crippen molar-refractivity contribution in [3.63, 3.8) is 0 Å². The predicted molar refractivity (Wildman–Crippen MR) is 62.9 cm³/mol. The van der Waals surface area contributed by atoms with Gasteiger partial charge in [0.15, 0.2) is 0 Å². The van der Waals surface area contributed by atoms with Gasteiger partial charge in [-0.2, -0.15) is 0 Å². The van der Waals surface area contributed by atoms with Gasteiger partial charge in [-0.3, -0.25) is 4.57 Å². The van der Waals surface area contributed by atoms with E-state index in [1.807, 2.05) is 24.3 Å². The zero-order chi connectivity index (χ0) is 11.8. The number of nitrogens with two attached hydrogens (primary N) is 1. The normalized spacial score (nSPS) is 13.9. The summed E-state index contributed by atoms with van der Waals surface area (Å²) in [5, 5.41) is 1.70. The van der Waals surface area contributed by atoms with Crippen LogP contribution in [0, 0.1) is 0 Å². The van der Waals surface area contributed by atoms with Crippen LogP contribution in [0.15, 0.2) is 42.5 Å². The molecule has 1 atom stereocenters. The van der Waals surface area contributed by atoms with Crippen LogP contribution < -0.4 is 5.73 Å². The van der Waals surface area contributed by atoms with Crippen molar-refractivity contribution in [3.05, 3.63) is 48.0 Å². The summed E-state index contributed by atoms with van der Waals surface area (Å²) < 4.78 is 11.1. The molecule has 2 aromatic rings. The SMILES string of the molecule is NC(c1cccc2ccccc12)P(=O)(O)O. The van der Waals surface area contributed by atoms with Gasteiger partial charge in [-0.1, -0.05) is 42.5 Å². The maximum absolute atomic E-state index is 11.1. The van der Waals surface area contributed by atoms with E-state index in [-0.39, 0.29) is 0 Å². The van der Waals surface area contributed by atoms with Crippen LogP contribution in [-0.4, -0.2) is 9.79 Å². The Morgan fingerprint density at radius 1 is 1.06 bits per heavy atom. The van der Waals surface area contributed by atoms with Gasteiger partial charge in [0.25, 0.3) is 0 Å². The Bertz CT molecular complexity index is 559. The third kappa shape index (κ3) is 2.01. The quantitative estimate of drug-likeness (QED) is 0.697. The van der Waals surface area contributed by atoms with Crippen LogP contribution >= 0.6 is 7.60 Å². The first-order chi connectivity index (χ1) is 7.50. The van der Waals surface area contributed by atoms with Crippen molar-refractivity contribution < 1.29 is 14.4 Å². The Labute approximate surface area is 92.9 Å². The van der Waals surface area contributed by atoms with E-state index in [0.717, 1.165) is 10.8 Å². The zero-order valence-corrected chi connectivity index (χ0v) is 9.34. The van der Waals surface area contributed by atoms with E-state index in [0.29, 0.717) is 5.56 Å². The fraction of sp³-hybridized carbons (Fsp3) is 0.0909. The van der Waals surface area contributed by atoms with E-state index < -0.39 is 13.4 Å². The fourth-order valence-electron chi connectivity index (χ4n) is 1.69. The Kier molecular flexibility index (Phi) is 2.82. The lowest BCUT2D eigenvalue weighted by atomic mass is 10.0. The van der Waals surface area contributed by atoms with Crippen LogP contribution in [0.2, 0.25) is 0 Å². The summed E-state index contributed by atoms with van der Waals surface area (Å²) in [5.74, 6) is -1.27. The number of fused-ring (bicyclic) bond motifs is 1. The third-order valence-electron chi connectivity index (χ3n) is 2.50. The van der Waals surface area contributed by atoms with Crippen LogP contribution in [0.4, 0.5) is 0 Å². The van der Waals surface area contributed by atoms with Crippen LogP contribution in [-0.2, 0) is 4.57 Å². The second-order valence-corrected chi connectivity index (χ2v) is 5.34. The summed E-state index contributed by atoms with van der Waals surface area (Å²) in [4.78, 5) is 18.2. The molecule has 2 aromatic carbocycles. The highest BCUT2D eigenvalue weighted by Gasteiger charge is 2.27. The molecule has 0 aliphatic heterocycles. The first-order valence-corrected chi connectivity index (χ1v) is 6.47. The smallest absolute Gasteiger partial charge is 0.323 e. The molecule has 0 heterocycles. The monoisotopic (exact) mass is 237 g/mol. The zero-order valence-electron chi connectivity index (χ0n) is 8.45. The van der Waals surface area contributed by atoms with Crippen LogP contribution in [0.5, 0.6) is 0 Å². The summed E-state index contributed by atoms with van der Waals surface area (Å²) in [6.07, 6.45) is 0. The molecule has 0 aromatic heterocycles. The van der Waals surface area contributed by atoms with Crippen molar-refractivity contribution in [2.45, 2.75) is 5.78 Å². The molecular formula is C11H12NO3P. The van der Waals surface area contributed by atoms with Crippen molar-refractivity contribution in [2.75, 3.05) is 0 Å². The summed E-state index contributed by atoms with van der Waals surface area (Å²) in [5.41, 5.74) is 6.05. The van der Waals surface area contributed by atoms with E-state index in [1.165, 1.54) is 0 Å². The Balaban J connectivity index is 2.65. The van der Waals surface area contributed by atoms with Crippen LogP contribution in [0.1, 0.15) is 11.3 Å². The molecule has 0 radical (unpaired) electrons. The molecule has 0 spiro atoms. The average molecular weight is 237 g/mol. The maximum atomic E-state index is 11.1. The van der Waals surface area contributed by atoms with Crippen LogP contribution in [0.3, 0.4) is 0 Å². The molecule has 0 aliphatic rings. The fourth-order valence-corrected chi connectivity index (χ4v) is 2.28. The van der Waals surface area contributed by atoms with E-state index in [2.05, 4.69) is 0 Å². The molecule has 0 fully saturated rings. The molecular weight excluding hydrogens is 225 g/mol. The lowest BCUT2D eigenvalue weighted by Crippen LogP contribution is -2.10. The second kappa shape index (κ2) is 4.00. The molecule has 0 saturated carbocycles. The van der Waals surface area contributed by atoms with Crippen molar-refractivity contribution in [2.24, 2.45) is 5.73 Å². The van der Waals surface area contributed by atoms with Gasteiger partial charge in [-0.25, -0.2) is 0 Å². The highest BCUT2D eigenvalue weighted by molar-refractivity contribution is 7.52. The van der Waals surface area contributed by atoms with Crippen LogP contribution in [0.25, 0.3) is 10.8 Å². The first kappa shape index (κ1) is 11.3. The second-order valence-electron chi connectivity index (χ2n) is 3.60. The highest BCUT2D eigenvalue weighted by Crippen LogP contribution is 2.49. The van der Waals surface area contributed by atoms with E-state index >= 15 is 0 Å². The summed E-state index contributed by atoms with van der Waals surface area (Å²) in [7, 11) is -4.31. The van der Waals surface area contributed by atoms with Crippen molar-refractivity contribution in [3.8, 4) is 0 Å². The number of hydrogen-bond acceptors (Lipinski definition) is 2. The molecule has 0 aliphatic carbocycles. The Hall–Kier alpha value is -1.19. The minimum absolute atomic E-state index is 0.478. The standard InChI is InChI=1S/C11H12NO3P/c12-11(16(13,14)15)10-7-3-5-8-4-1-2-6-9(8)10/h1-7,11H,12H2,(H2,13,14,15). The van der Waals surface area contributed by atoms with Gasteiger partial charge in [0.05, 0.1) is 0 Å². The minimum Gasteiger partial charge on any atom is -0.323 e. The molecule has 16 heavy (non-hydrogen) atoms. The molecule has 0 saturated heterocycles. The number of hydrogen-bond donors (Lipinski definition) is 3. The van der Waals surface area contributed by atoms with E-state index in [9.17, 15) is 4.57 Å². The van der Waals surface area contributed by atoms with E-state index in [4.69, 9.17) is 15.5 Å². The highest BCUT2D eigenvalue weighted by atomic mass is 31.2. The minimum atomic E-state index is -4.31. The largest absolute Gasteiger partial charge is 0.346 e. The number of rotatable bonds is 2. The lowest BCUT2D eigenvalue weighted by molar-refractivity contribution is 0.360. The summed E-state index contributed by atoms with van der Waals surface area (Å²) >= 11 is 0. The van der Waals surface area contributed by atoms with E-state index in [1.54, 1.807) is 18.2 Å². The van der Waals surface area contributed by atoms with Gasteiger partial charge in [-0.05, 0) is 16.3 Å². The van der Waals surface area contributed by atoms with Gasteiger partial charge in [-0.15, -0.1) is 0 Å². The van der Waals surface area contributed by atoms with Gasteiger partial charge < -0.3 is 15.5 Å². The first-order valence-electron chi connectivity index (χ1n) is 4.78. The predicted octanol–water partition coefficient (Wildman–Crippen LogP) is 1.97. The van der Waals surface area contributed by atoms with Crippen molar-refractivity contribution in [1.29, 1.82) is 0 Å². The Morgan fingerprint density at radius 2 is 1.69 bits per heavy atom. The average Bonchev–Trinajstić information content (AvgIpc) is 2.26. The molecule has 4 nitrogen and oxygen atoms in total. The van der Waals surface area contributed by atoms with Gasteiger partial charge in [0.2, 0.25) is 0 Å². The van der Waals surface area contributed by atoms with Crippen molar-refractivity contribution >= 4 is 18.4 Å². The molecule has 2 rings (SSSR count). The molecule has 84 valence electrons. The summed E-state index contributed by atoms with van der Waals surface area (Å²) in [6.45, 7) is 0. The molecule has 0 amide bonds. The van der Waals surface area contributed by atoms with Crippen molar-refractivity contribution in [1.82, 2.24) is 0 Å². The lowest BCUT2D eigenvalue weighted by Gasteiger charge is -2.15. The maximum Gasteiger partial charge on any atom is 0.346 e. The molecule has 0 bridgehead atoms. The summed E-state index contributed by atoms with van der Waals surface area (Å²) in [6, 6.07) is 12.6.